The highest BCUT2D eigenvalue weighted by Crippen LogP contribution is 2.31. The van der Waals surface area contributed by atoms with Crippen LogP contribution in [0.15, 0.2) is 53.7 Å². The van der Waals surface area contributed by atoms with E-state index < -0.39 is 5.91 Å². The van der Waals surface area contributed by atoms with Crippen molar-refractivity contribution in [2.24, 2.45) is 16.5 Å². The topological polar surface area (TPSA) is 94.4 Å². The van der Waals surface area contributed by atoms with Crippen LogP contribution in [0.1, 0.15) is 15.9 Å². The number of carbonyl (C=O) groups excluding carboxylic acids is 1. The molecule has 5 nitrogen and oxygen atoms in total. The van der Waals surface area contributed by atoms with Crippen molar-refractivity contribution in [2.45, 2.75) is 6.92 Å². The van der Waals surface area contributed by atoms with Crippen LogP contribution >= 0.6 is 0 Å². The monoisotopic (exact) mass is 322 g/mol. The summed E-state index contributed by atoms with van der Waals surface area (Å²) >= 11 is 0. The van der Waals surface area contributed by atoms with Gasteiger partial charge in [-0.1, -0.05) is 18.2 Å². The molecule has 1 amide bonds. The van der Waals surface area contributed by atoms with Gasteiger partial charge >= 0.3 is 0 Å². The van der Waals surface area contributed by atoms with Crippen molar-refractivity contribution in [3.63, 3.8) is 0 Å². The molecule has 0 aliphatic heterocycles. The van der Waals surface area contributed by atoms with Crippen LogP contribution in [0.25, 0.3) is 22.0 Å². The number of carbonyl (C=O) groups is 1. The van der Waals surface area contributed by atoms with Crippen LogP contribution in [0.2, 0.25) is 0 Å². The number of aromatic nitrogens is 1. The van der Waals surface area contributed by atoms with E-state index in [1.54, 1.807) is 42.6 Å². The molecule has 0 fully saturated rings. The van der Waals surface area contributed by atoms with Crippen molar-refractivity contribution >= 4 is 22.6 Å². The second-order valence-electron chi connectivity index (χ2n) is 5.37. The number of aryl methyl sites for hydroxylation is 1. The van der Waals surface area contributed by atoms with E-state index >= 15 is 0 Å². The summed E-state index contributed by atoms with van der Waals surface area (Å²) in [5.41, 5.74) is 12.6. The Morgan fingerprint density at radius 3 is 2.58 bits per heavy atom. The molecule has 0 saturated heterocycles. The number of halogens is 1. The number of hydrogen-bond donors (Lipinski definition) is 2. The second kappa shape index (κ2) is 6.08. The smallest absolute Gasteiger partial charge is 0.280 e. The van der Waals surface area contributed by atoms with E-state index in [1.165, 1.54) is 6.07 Å². The molecule has 0 saturated carbocycles. The van der Waals surface area contributed by atoms with Gasteiger partial charge in [-0.3, -0.25) is 9.78 Å². The first kappa shape index (κ1) is 15.6. The van der Waals surface area contributed by atoms with Gasteiger partial charge in [-0.25, -0.2) is 4.39 Å². The molecule has 120 valence electrons. The molecule has 3 aromatic rings. The Balaban J connectivity index is 2.27. The van der Waals surface area contributed by atoms with Gasteiger partial charge in [0.1, 0.15) is 5.82 Å². The van der Waals surface area contributed by atoms with Gasteiger partial charge in [-0.2, -0.15) is 4.99 Å². The van der Waals surface area contributed by atoms with E-state index in [0.29, 0.717) is 22.2 Å². The Morgan fingerprint density at radius 1 is 1.12 bits per heavy atom. The number of hydrogen-bond acceptors (Lipinski definition) is 2. The minimum Gasteiger partial charge on any atom is -0.370 e. The Kier molecular flexibility index (Phi) is 3.95. The summed E-state index contributed by atoms with van der Waals surface area (Å²) in [7, 11) is 0. The van der Waals surface area contributed by atoms with Gasteiger partial charge in [0.25, 0.3) is 5.91 Å². The molecule has 24 heavy (non-hydrogen) atoms. The predicted molar refractivity (Wildman–Crippen MR) is 92.0 cm³/mol. The summed E-state index contributed by atoms with van der Waals surface area (Å²) in [5.74, 6) is -1.24. The number of aliphatic imine (C=N–C) groups is 1. The van der Waals surface area contributed by atoms with Gasteiger partial charge in [0.15, 0.2) is 5.96 Å². The number of fused-ring (bicyclic) bond motifs is 1. The van der Waals surface area contributed by atoms with Gasteiger partial charge in [0, 0.05) is 22.7 Å². The minimum atomic E-state index is -0.558. The van der Waals surface area contributed by atoms with Gasteiger partial charge in [-0.15, -0.1) is 0 Å². The van der Waals surface area contributed by atoms with E-state index in [1.807, 2.05) is 6.92 Å². The Labute approximate surface area is 137 Å². The highest BCUT2D eigenvalue weighted by atomic mass is 19.1. The normalized spacial score (nSPS) is 10.6. The number of nitrogens with zero attached hydrogens (tertiary/aromatic N) is 2. The Morgan fingerprint density at radius 2 is 1.88 bits per heavy atom. The van der Waals surface area contributed by atoms with Crippen molar-refractivity contribution in [2.75, 3.05) is 0 Å². The molecule has 6 heteroatoms. The molecule has 1 heterocycles. The van der Waals surface area contributed by atoms with Gasteiger partial charge in [-0.05, 0) is 42.1 Å². The third-order valence-corrected chi connectivity index (χ3v) is 3.69. The number of amides is 1. The largest absolute Gasteiger partial charge is 0.370 e. The molecule has 1 aromatic heterocycles. The summed E-state index contributed by atoms with van der Waals surface area (Å²) in [6.45, 7) is 1.90. The molecule has 4 N–H and O–H groups in total. The average molecular weight is 322 g/mol. The molecule has 2 aromatic carbocycles. The first-order chi connectivity index (χ1) is 11.5. The fraction of sp³-hybridized carbons (Fsp3) is 0.0556. The van der Waals surface area contributed by atoms with Crippen molar-refractivity contribution < 1.29 is 9.18 Å². The highest BCUT2D eigenvalue weighted by molar-refractivity contribution is 6.06. The molecule has 0 aliphatic rings. The zero-order valence-corrected chi connectivity index (χ0v) is 13.0. The van der Waals surface area contributed by atoms with Crippen molar-refractivity contribution in [3.05, 3.63) is 65.6 Å². The number of rotatable bonds is 2. The molecule has 0 spiro atoms. The van der Waals surface area contributed by atoms with E-state index in [-0.39, 0.29) is 11.8 Å². The SMILES string of the molecule is Cc1cnc(-c2ccccc2F)c2cc(C(=O)N=C(N)N)ccc12. The number of pyridine rings is 1. The fourth-order valence-electron chi connectivity index (χ4n) is 2.57. The molecule has 0 radical (unpaired) electrons. The van der Waals surface area contributed by atoms with Crippen LogP contribution < -0.4 is 11.5 Å². The van der Waals surface area contributed by atoms with Crippen LogP contribution in [0, 0.1) is 12.7 Å². The van der Waals surface area contributed by atoms with Crippen molar-refractivity contribution in [1.29, 1.82) is 0 Å². The first-order valence-electron chi connectivity index (χ1n) is 7.25. The first-order valence-corrected chi connectivity index (χ1v) is 7.25. The van der Waals surface area contributed by atoms with Gasteiger partial charge in [0.2, 0.25) is 0 Å². The zero-order valence-electron chi connectivity index (χ0n) is 13.0. The standard InChI is InChI=1S/C18H15FN4O/c1-10-9-22-16(13-4-2-3-5-15(13)19)14-8-11(6-7-12(10)14)17(24)23-18(20)21/h2-9H,1H3,(H4,20,21,23,24). The third kappa shape index (κ3) is 2.81. The Hall–Kier alpha value is -3.28. The van der Waals surface area contributed by atoms with E-state index in [2.05, 4.69) is 9.98 Å². The molecule has 0 bridgehead atoms. The second-order valence-corrected chi connectivity index (χ2v) is 5.37. The van der Waals surface area contributed by atoms with E-state index in [9.17, 15) is 9.18 Å². The maximum atomic E-state index is 14.2. The maximum absolute atomic E-state index is 14.2. The minimum absolute atomic E-state index is 0.306. The number of nitrogens with two attached hydrogens (primary N) is 2. The summed E-state index contributed by atoms with van der Waals surface area (Å²) < 4.78 is 14.2. The number of guanidine groups is 1. The predicted octanol–water partition coefficient (Wildman–Crippen LogP) is 2.76. The fourth-order valence-corrected chi connectivity index (χ4v) is 2.57. The molecule has 0 atom stereocenters. The lowest BCUT2D eigenvalue weighted by molar-refractivity contribution is 0.100. The molecule has 0 unspecified atom stereocenters. The maximum Gasteiger partial charge on any atom is 0.280 e. The summed E-state index contributed by atoms with van der Waals surface area (Å²) in [4.78, 5) is 20.0. The quantitative estimate of drug-likeness (QED) is 0.560. The Bertz CT molecular complexity index is 978. The van der Waals surface area contributed by atoms with Crippen LogP contribution in [0.4, 0.5) is 4.39 Å². The third-order valence-electron chi connectivity index (χ3n) is 3.69. The molecule has 3 rings (SSSR count). The van der Waals surface area contributed by atoms with Crippen molar-refractivity contribution in [3.8, 4) is 11.3 Å². The lowest BCUT2D eigenvalue weighted by atomic mass is 9.99. The molecule has 0 aliphatic carbocycles. The summed E-state index contributed by atoms with van der Waals surface area (Å²) in [5, 5.41) is 1.54. The van der Waals surface area contributed by atoms with Crippen LogP contribution in [0.5, 0.6) is 0 Å². The highest BCUT2D eigenvalue weighted by Gasteiger charge is 2.14. The van der Waals surface area contributed by atoms with E-state index in [0.717, 1.165) is 10.9 Å². The van der Waals surface area contributed by atoms with Gasteiger partial charge < -0.3 is 11.5 Å². The van der Waals surface area contributed by atoms with Gasteiger partial charge in [0.05, 0.1) is 5.69 Å². The van der Waals surface area contributed by atoms with Crippen LogP contribution in [-0.2, 0) is 0 Å². The van der Waals surface area contributed by atoms with Crippen LogP contribution in [-0.4, -0.2) is 16.9 Å². The van der Waals surface area contributed by atoms with Crippen molar-refractivity contribution in [1.82, 2.24) is 4.98 Å². The van der Waals surface area contributed by atoms with E-state index in [4.69, 9.17) is 11.5 Å². The molecular weight excluding hydrogens is 307 g/mol. The summed E-state index contributed by atoms with van der Waals surface area (Å²) in [6.07, 6.45) is 1.68. The average Bonchev–Trinajstić information content (AvgIpc) is 2.55. The molecular formula is C18H15FN4O. The lowest BCUT2D eigenvalue weighted by Gasteiger charge is -2.10. The number of benzene rings is 2. The summed E-state index contributed by atoms with van der Waals surface area (Å²) in [6, 6.07) is 11.4. The lowest BCUT2D eigenvalue weighted by Crippen LogP contribution is -2.24. The zero-order chi connectivity index (χ0) is 17.3. The van der Waals surface area contributed by atoms with Crippen LogP contribution in [0.3, 0.4) is 0 Å².